The lowest BCUT2D eigenvalue weighted by Crippen LogP contribution is -2.44. The van der Waals surface area contributed by atoms with Crippen molar-refractivity contribution in [3.05, 3.63) is 22.5 Å². The third-order valence-corrected chi connectivity index (χ3v) is 5.04. The normalized spacial score (nSPS) is 15.0. The molecule has 25 heavy (non-hydrogen) atoms. The van der Waals surface area contributed by atoms with E-state index in [-0.39, 0.29) is 17.7 Å². The van der Waals surface area contributed by atoms with Crippen molar-refractivity contribution in [1.82, 2.24) is 9.47 Å². The van der Waals surface area contributed by atoms with E-state index in [2.05, 4.69) is 0 Å². The quantitative estimate of drug-likeness (QED) is 0.561. The molecule has 2 rings (SSSR count). The van der Waals surface area contributed by atoms with Gasteiger partial charge in [-0.15, -0.1) is 0 Å². The highest BCUT2D eigenvalue weighted by Crippen LogP contribution is 2.32. The minimum atomic E-state index is -0.532. The van der Waals surface area contributed by atoms with Crippen molar-refractivity contribution in [2.75, 3.05) is 7.11 Å². The molecule has 1 aliphatic rings. The van der Waals surface area contributed by atoms with Gasteiger partial charge in [0.05, 0.1) is 13.2 Å². The summed E-state index contributed by atoms with van der Waals surface area (Å²) in [5, 5.41) is 0. The first-order valence-corrected chi connectivity index (χ1v) is 8.93. The zero-order valence-electron chi connectivity index (χ0n) is 16.0. The minimum absolute atomic E-state index is 0.00164. The van der Waals surface area contributed by atoms with Crippen molar-refractivity contribution in [3.63, 3.8) is 0 Å². The summed E-state index contributed by atoms with van der Waals surface area (Å²) in [6, 6.07) is -0.365. The zero-order valence-corrected chi connectivity index (χ0v) is 16.0. The van der Waals surface area contributed by atoms with Crippen molar-refractivity contribution in [1.29, 1.82) is 0 Å². The lowest BCUT2D eigenvalue weighted by Gasteiger charge is -2.28. The molecule has 6 nitrogen and oxygen atoms in total. The van der Waals surface area contributed by atoms with Gasteiger partial charge in [0, 0.05) is 30.3 Å². The number of methoxy groups -OCH3 is 1. The Hall–Kier alpha value is -2.11. The molecular weight excluding hydrogens is 320 g/mol. The van der Waals surface area contributed by atoms with E-state index in [1.165, 1.54) is 7.11 Å². The number of esters is 1. The van der Waals surface area contributed by atoms with Crippen LogP contribution in [0.3, 0.4) is 0 Å². The number of Topliss-reactive ketones (excluding diaryl/α,β-unsaturated/α-hetero) is 1. The van der Waals surface area contributed by atoms with Crippen LogP contribution in [0.1, 0.15) is 72.1 Å². The molecule has 6 heteroatoms. The van der Waals surface area contributed by atoms with Gasteiger partial charge in [0.25, 0.3) is 0 Å². The number of hydrogen-bond acceptors (Lipinski definition) is 4. The van der Waals surface area contributed by atoms with Crippen LogP contribution in [0.4, 0.5) is 0 Å². The highest BCUT2D eigenvalue weighted by Gasteiger charge is 2.39. The second-order valence-electron chi connectivity index (χ2n) is 6.60. The van der Waals surface area contributed by atoms with Crippen LogP contribution in [0.5, 0.6) is 0 Å². The number of aromatic nitrogens is 1. The molecule has 1 saturated carbocycles. The number of amides is 1. The van der Waals surface area contributed by atoms with Crippen molar-refractivity contribution in [2.24, 2.45) is 0 Å². The van der Waals surface area contributed by atoms with Gasteiger partial charge in [-0.05, 0) is 46.1 Å². The van der Waals surface area contributed by atoms with Gasteiger partial charge < -0.3 is 14.2 Å². The molecule has 0 aliphatic heterocycles. The second kappa shape index (κ2) is 7.42. The molecule has 0 spiro atoms. The number of carbonyl (C=O) groups excluding carboxylic acids is 3. The van der Waals surface area contributed by atoms with Crippen LogP contribution < -0.4 is 0 Å². The molecule has 1 amide bonds. The van der Waals surface area contributed by atoms with E-state index in [0.29, 0.717) is 29.8 Å². The summed E-state index contributed by atoms with van der Waals surface area (Å²) in [6.07, 6.45) is 2.28. The maximum atomic E-state index is 13.2. The number of ketones is 1. The first kappa shape index (κ1) is 19.2. The van der Waals surface area contributed by atoms with Gasteiger partial charge in [0.1, 0.15) is 5.69 Å². The van der Waals surface area contributed by atoms with Crippen molar-refractivity contribution < 1.29 is 19.1 Å². The Kier molecular flexibility index (Phi) is 5.70. The Morgan fingerprint density at radius 1 is 1.24 bits per heavy atom. The molecule has 1 fully saturated rings. The summed E-state index contributed by atoms with van der Waals surface area (Å²) in [4.78, 5) is 39.4. The number of hydrogen-bond donors (Lipinski definition) is 0. The Labute approximate surface area is 149 Å². The molecule has 1 aromatic heterocycles. The zero-order chi connectivity index (χ0) is 18.9. The lowest BCUT2D eigenvalue weighted by atomic mass is 9.99. The van der Waals surface area contributed by atoms with Crippen molar-refractivity contribution in [3.8, 4) is 0 Å². The summed E-state index contributed by atoms with van der Waals surface area (Å²) >= 11 is 0. The van der Waals surface area contributed by atoms with E-state index in [1.54, 1.807) is 18.7 Å². The fourth-order valence-electron chi connectivity index (χ4n) is 3.62. The molecular formula is C19H28N2O4. The van der Waals surface area contributed by atoms with E-state index in [9.17, 15) is 14.4 Å². The molecule has 0 aromatic carbocycles. The molecule has 0 radical (unpaired) electrons. The monoisotopic (exact) mass is 348 g/mol. The first-order valence-electron chi connectivity index (χ1n) is 8.93. The lowest BCUT2D eigenvalue weighted by molar-refractivity contribution is -0.132. The fraction of sp³-hybridized carbons (Fsp3) is 0.632. The Morgan fingerprint density at radius 2 is 1.84 bits per heavy atom. The summed E-state index contributed by atoms with van der Waals surface area (Å²) < 4.78 is 6.69. The number of carbonyl (C=O) groups is 3. The topological polar surface area (TPSA) is 68.6 Å². The van der Waals surface area contributed by atoms with Crippen LogP contribution in [0, 0.1) is 13.8 Å². The van der Waals surface area contributed by atoms with Gasteiger partial charge in [-0.3, -0.25) is 9.59 Å². The highest BCUT2D eigenvalue weighted by atomic mass is 16.5. The molecule has 0 N–H and O–H groups in total. The molecule has 0 bridgehead atoms. The van der Waals surface area contributed by atoms with Gasteiger partial charge >= 0.3 is 5.97 Å². The predicted molar refractivity (Wildman–Crippen MR) is 94.9 cm³/mol. The number of rotatable bonds is 7. The third-order valence-electron chi connectivity index (χ3n) is 5.04. The van der Waals surface area contributed by atoms with Gasteiger partial charge in [-0.2, -0.15) is 0 Å². The van der Waals surface area contributed by atoms with E-state index >= 15 is 0 Å². The summed E-state index contributed by atoms with van der Waals surface area (Å²) in [7, 11) is 1.34. The van der Waals surface area contributed by atoms with E-state index in [1.807, 2.05) is 25.3 Å². The molecule has 1 heterocycles. The maximum absolute atomic E-state index is 13.2. The number of ether oxygens (including phenoxy) is 1. The Morgan fingerprint density at radius 3 is 2.28 bits per heavy atom. The average molecular weight is 348 g/mol. The van der Waals surface area contributed by atoms with Crippen LogP contribution in [-0.2, 0) is 16.1 Å². The first-order chi connectivity index (χ1) is 11.8. The molecule has 1 atom stereocenters. The van der Waals surface area contributed by atoms with Gasteiger partial charge in [-0.25, -0.2) is 4.79 Å². The summed E-state index contributed by atoms with van der Waals surface area (Å²) in [5.74, 6) is -0.555. The fourth-order valence-corrected chi connectivity index (χ4v) is 3.62. The van der Waals surface area contributed by atoms with E-state index in [4.69, 9.17) is 4.74 Å². The SMILES string of the molecule is CCC(=O)N(C1CC1)[C@H](C)C(=O)c1c(C)c(C(=O)OC)n(CC)c1C. The molecule has 1 aliphatic carbocycles. The maximum Gasteiger partial charge on any atom is 0.354 e. The van der Waals surface area contributed by atoms with Crippen molar-refractivity contribution >= 4 is 17.7 Å². The molecule has 0 unspecified atom stereocenters. The van der Waals surface area contributed by atoms with Crippen LogP contribution in [0.15, 0.2) is 0 Å². The van der Waals surface area contributed by atoms with Crippen LogP contribution >= 0.6 is 0 Å². The van der Waals surface area contributed by atoms with Gasteiger partial charge in [0.15, 0.2) is 5.78 Å². The van der Waals surface area contributed by atoms with Crippen LogP contribution in [-0.4, -0.2) is 46.3 Å². The van der Waals surface area contributed by atoms with E-state index in [0.717, 1.165) is 18.5 Å². The van der Waals surface area contributed by atoms with Crippen LogP contribution in [0.25, 0.3) is 0 Å². The summed E-state index contributed by atoms with van der Waals surface area (Å²) in [6.45, 7) is 9.70. The molecule has 138 valence electrons. The standard InChI is InChI=1S/C19H28N2O4/c1-7-15(22)21(14-9-10-14)13(5)18(23)16-11(3)17(19(24)25-6)20(8-2)12(16)4/h13-14H,7-10H2,1-6H3/t13-/m1/s1. The van der Waals surface area contributed by atoms with Gasteiger partial charge in [-0.1, -0.05) is 6.92 Å². The minimum Gasteiger partial charge on any atom is -0.464 e. The van der Waals surface area contributed by atoms with Gasteiger partial charge in [0.2, 0.25) is 5.91 Å². The van der Waals surface area contributed by atoms with E-state index < -0.39 is 12.0 Å². The molecule has 1 aromatic rings. The third kappa shape index (κ3) is 3.34. The largest absolute Gasteiger partial charge is 0.464 e. The number of nitrogens with zero attached hydrogens (tertiary/aromatic N) is 2. The predicted octanol–water partition coefficient (Wildman–Crippen LogP) is 2.88. The average Bonchev–Trinajstić information content (AvgIpc) is 3.39. The summed E-state index contributed by atoms with van der Waals surface area (Å²) in [5.41, 5.74) is 2.32. The molecule has 0 saturated heterocycles. The highest BCUT2D eigenvalue weighted by molar-refractivity contribution is 6.06. The van der Waals surface area contributed by atoms with Crippen molar-refractivity contribution in [2.45, 2.75) is 72.5 Å². The Bertz CT molecular complexity index is 701. The Balaban J connectivity index is 2.46. The van der Waals surface area contributed by atoms with Crippen LogP contribution in [0.2, 0.25) is 0 Å². The smallest absolute Gasteiger partial charge is 0.354 e. The second-order valence-corrected chi connectivity index (χ2v) is 6.60.